The molecule has 1 heterocycles. The Hall–Kier alpha value is -2.00. The van der Waals surface area contributed by atoms with Crippen LogP contribution in [0, 0.1) is 12.3 Å². The number of aliphatic hydroxyl groups excluding tert-OH is 3. The van der Waals surface area contributed by atoms with E-state index in [9.17, 15) is 20.1 Å². The van der Waals surface area contributed by atoms with E-state index < -0.39 is 45.9 Å². The summed E-state index contributed by atoms with van der Waals surface area (Å²) in [4.78, 5) is 29.5. The van der Waals surface area contributed by atoms with Crippen LogP contribution in [0.1, 0.15) is 19.3 Å². The highest BCUT2D eigenvalue weighted by Crippen LogP contribution is 2.29. The van der Waals surface area contributed by atoms with Crippen LogP contribution in [0.3, 0.4) is 0 Å². The molecule has 7 N–H and O–H groups in total. The van der Waals surface area contributed by atoms with Gasteiger partial charge in [-0.15, -0.1) is 12.3 Å². The monoisotopic (exact) mass is 458 g/mol. The van der Waals surface area contributed by atoms with Gasteiger partial charge in [0.1, 0.15) is 30.2 Å². The normalized spacial score (nSPS) is 25.6. The first kappa shape index (κ1) is 25.3. The number of ether oxygens (including phenoxy) is 2. The van der Waals surface area contributed by atoms with E-state index in [0.29, 0.717) is 18.7 Å². The Morgan fingerprint density at radius 3 is 2.48 bits per heavy atom. The fourth-order valence-corrected chi connectivity index (χ4v) is 3.05. The molecule has 1 aromatic carbocycles. The highest BCUT2D eigenvalue weighted by Gasteiger charge is 2.45. The third-order valence-electron chi connectivity index (χ3n) is 4.42. The summed E-state index contributed by atoms with van der Waals surface area (Å²) in [7, 11) is -2.67. The summed E-state index contributed by atoms with van der Waals surface area (Å²) >= 11 is 0. The molecule has 1 fully saturated rings. The van der Waals surface area contributed by atoms with E-state index in [1.807, 2.05) is 0 Å². The molecule has 1 aromatic rings. The van der Waals surface area contributed by atoms with Gasteiger partial charge in [-0.2, -0.15) is 0 Å². The summed E-state index contributed by atoms with van der Waals surface area (Å²) in [6, 6.07) is 5.80. The number of hydrogen-bond acceptors (Lipinski definition) is 9. The summed E-state index contributed by atoms with van der Waals surface area (Å²) in [5.74, 6) is 2.80. The Kier molecular flexibility index (Phi) is 10.4. The van der Waals surface area contributed by atoms with Gasteiger partial charge in [0.05, 0.1) is 6.61 Å². The molecule has 1 aliphatic rings. The number of carbonyl (C=O) groups excluding carboxylic acids is 1. The summed E-state index contributed by atoms with van der Waals surface area (Å²) in [5.41, 5.74) is 0.500. The average Bonchev–Trinajstić information content (AvgIpc) is 2.74. The van der Waals surface area contributed by atoms with Gasteiger partial charge in [-0.1, -0.05) is 0 Å². The number of rotatable bonds is 10. The lowest BCUT2D eigenvalue weighted by Crippen LogP contribution is -2.60. The fourth-order valence-electron chi connectivity index (χ4n) is 2.77. The van der Waals surface area contributed by atoms with Crippen molar-refractivity contribution in [3.63, 3.8) is 0 Å². The number of unbranched alkanes of at least 4 members (excludes halogenated alkanes) is 2. The smallest absolute Gasteiger partial charge is 0.327 e. The molecule has 12 heteroatoms. The predicted molar refractivity (Wildman–Crippen MR) is 111 cm³/mol. The largest absolute Gasteiger partial charge is 0.462 e. The van der Waals surface area contributed by atoms with Crippen molar-refractivity contribution >= 4 is 20.3 Å². The van der Waals surface area contributed by atoms with Crippen LogP contribution in [0.5, 0.6) is 5.75 Å². The van der Waals surface area contributed by atoms with Crippen molar-refractivity contribution < 1.29 is 43.9 Å². The van der Waals surface area contributed by atoms with Crippen molar-refractivity contribution in [2.45, 2.75) is 50.0 Å². The maximum Gasteiger partial charge on any atom is 0.327 e. The van der Waals surface area contributed by atoms with Gasteiger partial charge in [-0.05, 0) is 37.1 Å². The van der Waals surface area contributed by atoms with Gasteiger partial charge in [-0.3, -0.25) is 0 Å². The lowest BCUT2D eigenvalue weighted by atomic mass is 9.99. The van der Waals surface area contributed by atoms with Crippen molar-refractivity contribution in [3.05, 3.63) is 24.3 Å². The number of carbonyl (C=O) groups is 1. The third-order valence-corrected chi connectivity index (χ3v) is 4.80. The third kappa shape index (κ3) is 8.22. The van der Waals surface area contributed by atoms with Gasteiger partial charge < -0.3 is 49.7 Å². The summed E-state index contributed by atoms with van der Waals surface area (Å²) < 4.78 is 15.5. The van der Waals surface area contributed by atoms with Crippen LogP contribution in [-0.4, -0.2) is 75.0 Å². The number of anilines is 1. The van der Waals surface area contributed by atoms with Crippen LogP contribution in [0.25, 0.3) is 0 Å². The Bertz CT molecular complexity index is 728. The minimum Gasteiger partial charge on any atom is -0.462 e. The molecule has 172 valence electrons. The molecular weight excluding hydrogens is 431 g/mol. The number of terminal acetylenes is 1. The van der Waals surface area contributed by atoms with Crippen LogP contribution in [0.15, 0.2) is 24.3 Å². The van der Waals surface area contributed by atoms with Crippen LogP contribution >= 0.6 is 8.60 Å². The van der Waals surface area contributed by atoms with E-state index >= 15 is 0 Å². The lowest BCUT2D eigenvalue weighted by molar-refractivity contribution is -0.276. The second-order valence-corrected chi connectivity index (χ2v) is 7.51. The van der Waals surface area contributed by atoms with Crippen LogP contribution in [0.2, 0.25) is 0 Å². The first-order valence-electron chi connectivity index (χ1n) is 9.57. The van der Waals surface area contributed by atoms with Gasteiger partial charge in [0.2, 0.25) is 6.29 Å². The fraction of sp³-hybridized carbons (Fsp3) is 0.526. The van der Waals surface area contributed by atoms with E-state index in [-0.39, 0.29) is 11.8 Å². The van der Waals surface area contributed by atoms with Crippen LogP contribution in [-0.2, 0) is 9.26 Å². The molecule has 0 aromatic heterocycles. The van der Waals surface area contributed by atoms with Crippen LogP contribution < -0.4 is 15.4 Å². The standard InChI is InChI=1S/C19H27N2O9P/c1-2-3-4-5-10-20-19(25)21-12-6-8-13(9-7-12)29-18-17(24)16(23)15(22)14(30-18)11-28-31(26)27/h1,6-9,14-18,22-24,26-27H,3-5,10-11H2,(H2,20,21,25)/t14?,15-,16?,17?,18+/m1/s1. The molecular formula is C19H27N2O9P. The van der Waals surface area contributed by atoms with E-state index in [1.54, 1.807) is 12.1 Å². The van der Waals surface area contributed by atoms with Crippen molar-refractivity contribution in [2.75, 3.05) is 18.5 Å². The summed E-state index contributed by atoms with van der Waals surface area (Å²) in [5, 5.41) is 35.4. The quantitative estimate of drug-likeness (QED) is 0.145. The van der Waals surface area contributed by atoms with Gasteiger partial charge >= 0.3 is 14.6 Å². The molecule has 1 saturated heterocycles. The maximum absolute atomic E-state index is 11.9. The molecule has 1 aliphatic heterocycles. The summed E-state index contributed by atoms with van der Waals surface area (Å²) in [6.45, 7) is 0.0728. The SMILES string of the molecule is C#CCCCCNC(=O)Nc1ccc(O[C@H]2OC(COP(O)O)[C@@H](O)C(O)C2O)cc1. The van der Waals surface area contributed by atoms with E-state index in [2.05, 4.69) is 21.1 Å². The van der Waals surface area contributed by atoms with Gasteiger partial charge in [-0.25, -0.2) is 4.79 Å². The van der Waals surface area contributed by atoms with E-state index in [1.165, 1.54) is 12.1 Å². The van der Waals surface area contributed by atoms with Crippen LogP contribution in [0.4, 0.5) is 10.5 Å². The van der Waals surface area contributed by atoms with Crippen molar-refractivity contribution in [1.82, 2.24) is 5.32 Å². The lowest BCUT2D eigenvalue weighted by Gasteiger charge is -2.40. The molecule has 2 rings (SSSR count). The Balaban J connectivity index is 1.86. The number of nitrogens with one attached hydrogen (secondary N) is 2. The molecule has 0 bridgehead atoms. The molecule has 0 radical (unpaired) electrons. The zero-order chi connectivity index (χ0) is 22.8. The predicted octanol–water partition coefficient (Wildman–Crippen LogP) is 0.0261. The highest BCUT2D eigenvalue weighted by molar-refractivity contribution is 7.39. The second-order valence-electron chi connectivity index (χ2n) is 6.75. The Morgan fingerprint density at radius 2 is 1.84 bits per heavy atom. The van der Waals surface area contributed by atoms with E-state index in [0.717, 1.165) is 12.8 Å². The van der Waals surface area contributed by atoms with Crippen molar-refractivity contribution in [1.29, 1.82) is 0 Å². The Labute approximate surface area is 181 Å². The molecule has 2 amide bonds. The molecule has 0 spiro atoms. The maximum atomic E-state index is 11.9. The number of benzene rings is 1. The molecule has 31 heavy (non-hydrogen) atoms. The highest BCUT2D eigenvalue weighted by atomic mass is 31.2. The number of urea groups is 1. The molecule has 3 unspecified atom stereocenters. The van der Waals surface area contributed by atoms with Crippen molar-refractivity contribution in [3.8, 4) is 18.1 Å². The average molecular weight is 458 g/mol. The van der Waals surface area contributed by atoms with E-state index in [4.69, 9.17) is 25.7 Å². The van der Waals surface area contributed by atoms with Crippen molar-refractivity contribution in [2.24, 2.45) is 0 Å². The summed E-state index contributed by atoms with van der Waals surface area (Å²) in [6.07, 6.45) is 0.269. The Morgan fingerprint density at radius 1 is 1.13 bits per heavy atom. The topological polar surface area (TPSA) is 170 Å². The number of amides is 2. The van der Waals surface area contributed by atoms with Gasteiger partial charge in [0, 0.05) is 18.7 Å². The minimum atomic E-state index is -2.67. The first-order valence-corrected chi connectivity index (χ1v) is 10.7. The van der Waals surface area contributed by atoms with Gasteiger partial charge in [0.25, 0.3) is 0 Å². The first-order chi connectivity index (χ1) is 14.8. The zero-order valence-electron chi connectivity index (χ0n) is 16.6. The number of hydrogen-bond donors (Lipinski definition) is 7. The minimum absolute atomic E-state index is 0.263. The van der Waals surface area contributed by atoms with Gasteiger partial charge in [0.15, 0.2) is 0 Å². The second kappa shape index (κ2) is 12.8. The molecule has 0 aliphatic carbocycles. The molecule has 11 nitrogen and oxygen atoms in total. The molecule has 0 saturated carbocycles. The zero-order valence-corrected chi connectivity index (χ0v) is 17.5. The number of aliphatic hydroxyl groups is 3. The molecule has 5 atom stereocenters.